The van der Waals surface area contributed by atoms with E-state index in [1.807, 2.05) is 0 Å². The van der Waals surface area contributed by atoms with Crippen LogP contribution in [-0.2, 0) is 14.6 Å². The summed E-state index contributed by atoms with van der Waals surface area (Å²) in [7, 11) is -2.88. The van der Waals surface area contributed by atoms with Crippen LogP contribution in [0.15, 0.2) is 0 Å². The van der Waals surface area contributed by atoms with Gasteiger partial charge in [-0.3, -0.25) is 0 Å². The van der Waals surface area contributed by atoms with Crippen molar-refractivity contribution < 1.29 is 13.2 Å². The van der Waals surface area contributed by atoms with E-state index in [0.29, 0.717) is 12.6 Å². The molecule has 1 fully saturated rings. The average Bonchev–Trinajstić information content (AvgIpc) is 2.21. The van der Waals surface area contributed by atoms with Crippen LogP contribution in [-0.4, -0.2) is 45.2 Å². The molecule has 0 aromatic rings. The Morgan fingerprint density at radius 1 is 1.47 bits per heavy atom. The Morgan fingerprint density at radius 2 is 2.20 bits per heavy atom. The number of hydrogen-bond donors (Lipinski definition) is 1. The summed E-state index contributed by atoms with van der Waals surface area (Å²) in [5.41, 5.74) is 0. The van der Waals surface area contributed by atoms with Gasteiger partial charge in [0.2, 0.25) is 0 Å². The molecular weight excluding hydrogens is 214 g/mol. The second-order valence-electron chi connectivity index (χ2n) is 4.03. The maximum atomic E-state index is 11.2. The summed E-state index contributed by atoms with van der Waals surface area (Å²) in [4.78, 5) is 0. The summed E-state index contributed by atoms with van der Waals surface area (Å²) in [6.07, 6.45) is 2.31. The predicted molar refractivity (Wildman–Crippen MR) is 60.8 cm³/mol. The zero-order chi connectivity index (χ0) is 11.3. The van der Waals surface area contributed by atoms with Crippen LogP contribution in [0.4, 0.5) is 0 Å². The molecule has 1 saturated heterocycles. The lowest BCUT2D eigenvalue weighted by atomic mass is 10.0. The van der Waals surface area contributed by atoms with Gasteiger partial charge < -0.3 is 10.1 Å². The molecule has 15 heavy (non-hydrogen) atoms. The first-order valence-electron chi connectivity index (χ1n) is 5.60. The van der Waals surface area contributed by atoms with Crippen LogP contribution < -0.4 is 5.32 Å². The van der Waals surface area contributed by atoms with E-state index >= 15 is 0 Å². The van der Waals surface area contributed by atoms with Crippen molar-refractivity contribution in [2.75, 3.05) is 24.7 Å². The average molecular weight is 235 g/mol. The summed E-state index contributed by atoms with van der Waals surface area (Å²) in [6, 6.07) is 0.336. The highest BCUT2D eigenvalue weighted by Gasteiger charge is 2.21. The molecular formula is C10H21NO3S. The van der Waals surface area contributed by atoms with Gasteiger partial charge in [-0.25, -0.2) is 8.42 Å². The largest absolute Gasteiger partial charge is 0.376 e. The molecule has 1 aliphatic heterocycles. The van der Waals surface area contributed by atoms with Crippen LogP contribution in [0, 0.1) is 0 Å². The van der Waals surface area contributed by atoms with Gasteiger partial charge >= 0.3 is 0 Å². The lowest BCUT2D eigenvalue weighted by molar-refractivity contribution is 0.0213. The Morgan fingerprint density at radius 3 is 2.80 bits per heavy atom. The van der Waals surface area contributed by atoms with Crippen molar-refractivity contribution in [1.29, 1.82) is 0 Å². The predicted octanol–water partition coefficient (Wildman–Crippen LogP) is 0.578. The molecule has 0 spiro atoms. The van der Waals surface area contributed by atoms with Gasteiger partial charge in [0, 0.05) is 11.8 Å². The number of ether oxygens (including phenoxy) is 1. The minimum absolute atomic E-state index is 0.146. The molecule has 0 amide bonds. The van der Waals surface area contributed by atoms with E-state index in [2.05, 4.69) is 12.2 Å². The first kappa shape index (κ1) is 12.9. The van der Waals surface area contributed by atoms with E-state index in [0.717, 1.165) is 19.4 Å². The third kappa shape index (κ3) is 4.49. The van der Waals surface area contributed by atoms with Gasteiger partial charge in [0.15, 0.2) is 9.84 Å². The van der Waals surface area contributed by atoms with Gasteiger partial charge in [-0.15, -0.1) is 0 Å². The molecule has 4 nitrogen and oxygen atoms in total. The van der Waals surface area contributed by atoms with Gasteiger partial charge in [-0.1, -0.05) is 6.92 Å². The molecule has 0 aromatic carbocycles. The molecule has 0 saturated carbocycles. The topological polar surface area (TPSA) is 55.4 Å². The highest BCUT2D eigenvalue weighted by Crippen LogP contribution is 2.12. The normalized spacial score (nSPS) is 27.9. The molecule has 0 aromatic heterocycles. The van der Waals surface area contributed by atoms with Gasteiger partial charge in [-0.05, 0) is 26.3 Å². The molecule has 1 N–H and O–H groups in total. The van der Waals surface area contributed by atoms with E-state index < -0.39 is 9.84 Å². The van der Waals surface area contributed by atoms with Crippen LogP contribution in [0.2, 0.25) is 0 Å². The fraction of sp³-hybridized carbons (Fsp3) is 1.00. The zero-order valence-electron chi connectivity index (χ0n) is 9.53. The molecule has 0 radical (unpaired) electrons. The number of hydrogen-bond acceptors (Lipinski definition) is 4. The van der Waals surface area contributed by atoms with Crippen LogP contribution >= 0.6 is 0 Å². The lowest BCUT2D eigenvalue weighted by Gasteiger charge is -2.29. The summed E-state index contributed by atoms with van der Waals surface area (Å²) < 4.78 is 28.0. The number of piperidine rings is 1. The van der Waals surface area contributed by atoms with Crippen molar-refractivity contribution >= 4 is 9.84 Å². The van der Waals surface area contributed by atoms with E-state index in [-0.39, 0.29) is 17.6 Å². The highest BCUT2D eigenvalue weighted by atomic mass is 32.2. The first-order chi connectivity index (χ1) is 7.05. The van der Waals surface area contributed by atoms with E-state index in [4.69, 9.17) is 4.74 Å². The van der Waals surface area contributed by atoms with Gasteiger partial charge in [0.1, 0.15) is 0 Å². The summed E-state index contributed by atoms with van der Waals surface area (Å²) >= 11 is 0. The maximum Gasteiger partial charge on any atom is 0.152 e. The molecule has 1 rings (SSSR count). The fourth-order valence-corrected chi connectivity index (χ4v) is 2.35. The van der Waals surface area contributed by atoms with Gasteiger partial charge in [0.05, 0.1) is 18.5 Å². The number of sulfone groups is 1. The molecule has 0 aliphatic carbocycles. The minimum Gasteiger partial charge on any atom is -0.376 e. The van der Waals surface area contributed by atoms with E-state index in [1.165, 1.54) is 0 Å². The van der Waals surface area contributed by atoms with Crippen LogP contribution in [0.25, 0.3) is 0 Å². The van der Waals surface area contributed by atoms with Crippen LogP contribution in [0.3, 0.4) is 0 Å². The third-order valence-electron chi connectivity index (χ3n) is 2.86. The summed E-state index contributed by atoms with van der Waals surface area (Å²) in [5, 5.41) is 3.32. The third-order valence-corrected chi connectivity index (χ3v) is 4.52. The second kappa shape index (κ2) is 5.82. The zero-order valence-corrected chi connectivity index (χ0v) is 10.3. The molecule has 1 aliphatic rings. The van der Waals surface area contributed by atoms with Crippen molar-refractivity contribution in [2.45, 2.75) is 38.8 Å². The van der Waals surface area contributed by atoms with Crippen molar-refractivity contribution in [1.82, 2.24) is 5.32 Å². The standard InChI is InChI=1S/C10H21NO3S/c1-3-15(12,13)8-7-14-10-5-4-6-11-9(10)2/h9-11H,3-8H2,1-2H3. The smallest absolute Gasteiger partial charge is 0.152 e. The van der Waals surface area contributed by atoms with E-state index in [9.17, 15) is 8.42 Å². The quantitative estimate of drug-likeness (QED) is 0.757. The van der Waals surface area contributed by atoms with Gasteiger partial charge in [0.25, 0.3) is 0 Å². The van der Waals surface area contributed by atoms with Crippen LogP contribution in [0.5, 0.6) is 0 Å². The van der Waals surface area contributed by atoms with Crippen molar-refractivity contribution in [3.63, 3.8) is 0 Å². The van der Waals surface area contributed by atoms with Crippen molar-refractivity contribution in [2.24, 2.45) is 0 Å². The minimum atomic E-state index is -2.88. The van der Waals surface area contributed by atoms with Gasteiger partial charge in [-0.2, -0.15) is 0 Å². The molecule has 5 heteroatoms. The Hall–Kier alpha value is -0.130. The Bertz CT molecular complexity index is 276. The van der Waals surface area contributed by atoms with Crippen molar-refractivity contribution in [3.8, 4) is 0 Å². The second-order valence-corrected chi connectivity index (χ2v) is 6.50. The Labute approximate surface area is 92.3 Å². The SMILES string of the molecule is CCS(=O)(=O)CCOC1CCCNC1C. The number of rotatable bonds is 5. The monoisotopic (exact) mass is 235 g/mol. The first-order valence-corrected chi connectivity index (χ1v) is 7.42. The molecule has 2 atom stereocenters. The number of nitrogens with one attached hydrogen (secondary N) is 1. The summed E-state index contributed by atoms with van der Waals surface area (Å²) in [6.45, 7) is 5.11. The Balaban J connectivity index is 2.25. The molecule has 2 unspecified atom stereocenters. The lowest BCUT2D eigenvalue weighted by Crippen LogP contribution is -2.44. The molecule has 90 valence electrons. The molecule has 0 bridgehead atoms. The maximum absolute atomic E-state index is 11.2. The van der Waals surface area contributed by atoms with Crippen LogP contribution in [0.1, 0.15) is 26.7 Å². The fourth-order valence-electron chi connectivity index (χ4n) is 1.71. The highest BCUT2D eigenvalue weighted by molar-refractivity contribution is 7.91. The Kier molecular flexibility index (Phi) is 5.02. The molecule has 1 heterocycles. The van der Waals surface area contributed by atoms with Crippen molar-refractivity contribution in [3.05, 3.63) is 0 Å². The summed E-state index contributed by atoms with van der Waals surface area (Å²) in [5.74, 6) is 0.349. The van der Waals surface area contributed by atoms with E-state index in [1.54, 1.807) is 6.92 Å².